The van der Waals surface area contributed by atoms with Crippen LogP contribution in [0.1, 0.15) is 51.5 Å². The summed E-state index contributed by atoms with van der Waals surface area (Å²) in [5, 5.41) is 6.71. The highest BCUT2D eigenvalue weighted by atomic mass is 127. The lowest BCUT2D eigenvalue weighted by atomic mass is 9.81. The van der Waals surface area contributed by atoms with E-state index in [0.717, 1.165) is 36.4 Å². The Bertz CT molecular complexity index is 690. The number of hydrogen-bond acceptors (Lipinski definition) is 3. The fourth-order valence-electron chi connectivity index (χ4n) is 3.57. The smallest absolute Gasteiger partial charge is 0.191 e. The van der Waals surface area contributed by atoms with Crippen LogP contribution in [0, 0.1) is 11.8 Å². The van der Waals surface area contributed by atoms with Crippen molar-refractivity contribution in [3.05, 3.63) is 29.8 Å². The third kappa shape index (κ3) is 8.81. The van der Waals surface area contributed by atoms with Crippen LogP contribution in [-0.2, 0) is 16.4 Å². The van der Waals surface area contributed by atoms with Crippen molar-refractivity contribution in [2.24, 2.45) is 16.8 Å². The molecule has 1 aliphatic carbocycles. The third-order valence-electron chi connectivity index (χ3n) is 5.01. The molecular weight excluding hydrogens is 473 g/mol. The van der Waals surface area contributed by atoms with Crippen LogP contribution in [0.5, 0.6) is 0 Å². The van der Waals surface area contributed by atoms with Gasteiger partial charge >= 0.3 is 0 Å². The lowest BCUT2D eigenvalue weighted by molar-refractivity contribution is 0.270. The Kier molecular flexibility index (Phi) is 10.7. The van der Waals surface area contributed by atoms with Gasteiger partial charge in [0.25, 0.3) is 0 Å². The summed E-state index contributed by atoms with van der Waals surface area (Å²) < 4.78 is 23.0. The second-order valence-electron chi connectivity index (χ2n) is 7.46. The molecule has 0 aliphatic heterocycles. The average molecular weight is 507 g/mol. The fraction of sp³-hybridized carbons (Fsp3) is 0.650. The van der Waals surface area contributed by atoms with E-state index in [1.54, 1.807) is 12.1 Å². The van der Waals surface area contributed by atoms with Crippen molar-refractivity contribution in [1.82, 2.24) is 10.6 Å². The number of nitrogens with zero attached hydrogens (tertiary/aromatic N) is 1. The summed E-state index contributed by atoms with van der Waals surface area (Å²) >= 11 is 0. The van der Waals surface area contributed by atoms with Gasteiger partial charge in [0.2, 0.25) is 0 Å². The molecule has 1 saturated carbocycles. The molecule has 1 fully saturated rings. The minimum absolute atomic E-state index is 0. The van der Waals surface area contributed by atoms with Crippen molar-refractivity contribution in [3.8, 4) is 0 Å². The summed E-state index contributed by atoms with van der Waals surface area (Å²) in [4.78, 5) is 4.96. The lowest BCUT2D eigenvalue weighted by Gasteiger charge is -2.26. The highest BCUT2D eigenvalue weighted by Crippen LogP contribution is 2.30. The molecule has 1 aromatic rings. The van der Waals surface area contributed by atoms with E-state index in [9.17, 15) is 8.42 Å². The molecule has 1 aromatic carbocycles. The lowest BCUT2D eigenvalue weighted by Crippen LogP contribution is -2.38. The first-order valence-electron chi connectivity index (χ1n) is 9.69. The number of halogens is 1. The number of rotatable bonds is 7. The number of sulfone groups is 1. The zero-order valence-electron chi connectivity index (χ0n) is 16.7. The zero-order chi connectivity index (χ0) is 19.0. The van der Waals surface area contributed by atoms with Crippen LogP contribution in [0.4, 0.5) is 0 Å². The molecule has 2 rings (SSSR count). The van der Waals surface area contributed by atoms with Crippen molar-refractivity contribution >= 4 is 39.8 Å². The van der Waals surface area contributed by atoms with E-state index in [4.69, 9.17) is 0 Å². The van der Waals surface area contributed by atoms with Crippen LogP contribution in [0.3, 0.4) is 0 Å². The van der Waals surface area contributed by atoms with Gasteiger partial charge in [-0.2, -0.15) is 0 Å². The summed E-state index contributed by atoms with van der Waals surface area (Å²) in [6.45, 7) is 6.70. The molecule has 7 heteroatoms. The summed E-state index contributed by atoms with van der Waals surface area (Å²) in [6, 6.07) is 6.94. The van der Waals surface area contributed by atoms with Crippen LogP contribution < -0.4 is 10.6 Å². The van der Waals surface area contributed by atoms with E-state index in [1.807, 2.05) is 12.1 Å². The number of benzene rings is 1. The van der Waals surface area contributed by atoms with Crippen LogP contribution in [0.25, 0.3) is 0 Å². The predicted molar refractivity (Wildman–Crippen MR) is 124 cm³/mol. The first-order valence-corrected chi connectivity index (χ1v) is 11.6. The zero-order valence-corrected chi connectivity index (χ0v) is 19.8. The van der Waals surface area contributed by atoms with E-state index >= 15 is 0 Å². The van der Waals surface area contributed by atoms with Gasteiger partial charge in [-0.3, -0.25) is 0 Å². The molecule has 2 atom stereocenters. The van der Waals surface area contributed by atoms with Gasteiger partial charge < -0.3 is 10.6 Å². The maximum Gasteiger partial charge on any atom is 0.191 e. The minimum Gasteiger partial charge on any atom is -0.357 e. The Morgan fingerprint density at radius 3 is 2.48 bits per heavy atom. The second kappa shape index (κ2) is 11.9. The molecule has 0 amide bonds. The first kappa shape index (κ1) is 24.2. The third-order valence-corrected chi connectivity index (χ3v) is 6.13. The van der Waals surface area contributed by atoms with Crippen molar-refractivity contribution in [2.45, 2.75) is 57.4 Å². The van der Waals surface area contributed by atoms with Gasteiger partial charge in [0, 0.05) is 19.3 Å². The fourth-order valence-corrected chi connectivity index (χ4v) is 4.20. The van der Waals surface area contributed by atoms with Crippen LogP contribution in [-0.4, -0.2) is 33.7 Å². The molecule has 0 radical (unpaired) electrons. The summed E-state index contributed by atoms with van der Waals surface area (Å²) in [6.07, 6.45) is 7.86. The quantitative estimate of drug-likeness (QED) is 0.333. The monoisotopic (exact) mass is 507 g/mol. The summed E-state index contributed by atoms with van der Waals surface area (Å²) in [5.41, 5.74) is 0.996. The van der Waals surface area contributed by atoms with Gasteiger partial charge in [0.15, 0.2) is 15.8 Å². The normalized spacial score (nSPS) is 20.6. The Labute approximate surface area is 181 Å². The molecule has 2 N–H and O–H groups in total. The number of nitrogens with one attached hydrogen (secondary N) is 2. The standard InChI is InChI=1S/C20H33N3O2S.HI/c1-4-21-20(22-13-12-17-7-5-6-16(2)14-17)23-15-18-8-10-19(11-9-18)26(3,24)25;/h8-11,16-17H,4-7,12-15H2,1-3H3,(H2,21,22,23);1H. The number of aliphatic imine (C=N–C) groups is 1. The second-order valence-corrected chi connectivity index (χ2v) is 9.48. The molecule has 0 bridgehead atoms. The molecule has 0 heterocycles. The van der Waals surface area contributed by atoms with E-state index < -0.39 is 9.84 Å². The minimum atomic E-state index is -3.15. The highest BCUT2D eigenvalue weighted by molar-refractivity contribution is 14.0. The van der Waals surface area contributed by atoms with Crippen molar-refractivity contribution < 1.29 is 8.42 Å². The van der Waals surface area contributed by atoms with Gasteiger partial charge in [0.05, 0.1) is 11.4 Å². The average Bonchev–Trinajstić information content (AvgIpc) is 2.59. The number of hydrogen-bond donors (Lipinski definition) is 2. The summed E-state index contributed by atoms with van der Waals surface area (Å²) in [5.74, 6) is 2.52. The maximum absolute atomic E-state index is 11.5. The van der Waals surface area contributed by atoms with E-state index in [1.165, 1.54) is 38.4 Å². The van der Waals surface area contributed by atoms with Gasteiger partial charge in [0.1, 0.15) is 0 Å². The van der Waals surface area contributed by atoms with Crippen molar-refractivity contribution in [3.63, 3.8) is 0 Å². The molecule has 0 saturated heterocycles. The SMILES string of the molecule is CCNC(=NCc1ccc(S(C)(=O)=O)cc1)NCCC1CCCC(C)C1.I. The Morgan fingerprint density at radius 2 is 1.89 bits per heavy atom. The largest absolute Gasteiger partial charge is 0.357 e. The van der Waals surface area contributed by atoms with Gasteiger partial charge in [-0.05, 0) is 49.3 Å². The van der Waals surface area contributed by atoms with Crippen LogP contribution in [0.2, 0.25) is 0 Å². The molecule has 0 spiro atoms. The molecule has 1 aliphatic rings. The Hall–Kier alpha value is -0.830. The first-order chi connectivity index (χ1) is 12.4. The molecule has 0 aromatic heterocycles. The molecule has 154 valence electrons. The van der Waals surface area contributed by atoms with Crippen LogP contribution >= 0.6 is 24.0 Å². The molecule has 5 nitrogen and oxygen atoms in total. The molecule has 27 heavy (non-hydrogen) atoms. The summed E-state index contributed by atoms with van der Waals surface area (Å²) in [7, 11) is -3.15. The van der Waals surface area contributed by atoms with Crippen molar-refractivity contribution in [1.29, 1.82) is 0 Å². The Balaban J connectivity index is 0.00000364. The van der Waals surface area contributed by atoms with Gasteiger partial charge in [-0.15, -0.1) is 24.0 Å². The van der Waals surface area contributed by atoms with E-state index in [0.29, 0.717) is 11.4 Å². The molecule has 2 unspecified atom stereocenters. The highest BCUT2D eigenvalue weighted by Gasteiger charge is 2.18. The topological polar surface area (TPSA) is 70.6 Å². The maximum atomic E-state index is 11.5. The number of guanidine groups is 1. The van der Waals surface area contributed by atoms with Crippen LogP contribution in [0.15, 0.2) is 34.2 Å². The van der Waals surface area contributed by atoms with E-state index in [2.05, 4.69) is 29.5 Å². The van der Waals surface area contributed by atoms with Gasteiger partial charge in [-0.1, -0.05) is 38.3 Å². The predicted octanol–water partition coefficient (Wildman–Crippen LogP) is 3.98. The van der Waals surface area contributed by atoms with Crippen molar-refractivity contribution in [2.75, 3.05) is 19.3 Å². The Morgan fingerprint density at radius 1 is 1.19 bits per heavy atom. The van der Waals surface area contributed by atoms with E-state index in [-0.39, 0.29) is 24.0 Å². The molecular formula is C20H34IN3O2S. The van der Waals surface area contributed by atoms with Gasteiger partial charge in [-0.25, -0.2) is 13.4 Å².